The molecule has 284 valence electrons. The number of nitrogens with zero attached hydrogens (tertiary/aromatic N) is 1. The van der Waals surface area contributed by atoms with Crippen molar-refractivity contribution in [1.82, 2.24) is 4.57 Å². The molecule has 1 atom stereocenters. The van der Waals surface area contributed by atoms with Crippen LogP contribution >= 0.6 is 0 Å². The summed E-state index contributed by atoms with van der Waals surface area (Å²) >= 11 is 0. The Labute approximate surface area is 349 Å². The van der Waals surface area contributed by atoms with E-state index in [1.807, 2.05) is 0 Å². The van der Waals surface area contributed by atoms with Gasteiger partial charge in [0.15, 0.2) is 0 Å². The molecule has 2 heterocycles. The van der Waals surface area contributed by atoms with Crippen LogP contribution in [0.15, 0.2) is 211 Å². The monoisotopic (exact) mass is 767 g/mol. The fourth-order valence-corrected chi connectivity index (χ4v) is 10.4. The van der Waals surface area contributed by atoms with Crippen molar-refractivity contribution in [3.63, 3.8) is 0 Å². The van der Waals surface area contributed by atoms with E-state index in [9.17, 15) is 0 Å². The Morgan fingerprint density at radius 3 is 1.93 bits per heavy atom. The second-order valence-electron chi connectivity index (χ2n) is 16.8. The summed E-state index contributed by atoms with van der Waals surface area (Å²) in [6.07, 6.45) is 0. The van der Waals surface area contributed by atoms with Crippen LogP contribution in [0.25, 0.3) is 82.8 Å². The molecule has 11 aromatic rings. The minimum absolute atomic E-state index is 0.0702. The van der Waals surface area contributed by atoms with Crippen LogP contribution in [-0.4, -0.2) is 4.57 Å². The number of benzene rings is 9. The second-order valence-corrected chi connectivity index (χ2v) is 16.8. The summed E-state index contributed by atoms with van der Waals surface area (Å²) in [5, 5.41) is 4.78. The second kappa shape index (κ2) is 13.3. The summed E-state index contributed by atoms with van der Waals surface area (Å²) in [4.78, 5) is 0. The van der Waals surface area contributed by atoms with Crippen molar-refractivity contribution in [2.75, 3.05) is 0 Å². The highest BCUT2D eigenvalue weighted by Gasteiger charge is 2.38. The van der Waals surface area contributed by atoms with Crippen LogP contribution in [0.5, 0.6) is 0 Å². The van der Waals surface area contributed by atoms with Crippen molar-refractivity contribution >= 4 is 43.7 Å². The number of hydrogen-bond donors (Lipinski definition) is 0. The molecule has 1 unspecified atom stereocenters. The number of hydrogen-bond acceptors (Lipinski definition) is 1. The average Bonchev–Trinajstić information content (AvgIpc) is 3.93. The van der Waals surface area contributed by atoms with E-state index in [-0.39, 0.29) is 11.3 Å². The Balaban J connectivity index is 1.09. The van der Waals surface area contributed by atoms with Crippen LogP contribution in [0.4, 0.5) is 0 Å². The minimum Gasteiger partial charge on any atom is -0.456 e. The first kappa shape index (κ1) is 34.6. The van der Waals surface area contributed by atoms with Gasteiger partial charge in [-0.3, -0.25) is 0 Å². The molecule has 0 radical (unpaired) electrons. The molecule has 0 saturated carbocycles. The Morgan fingerprint density at radius 1 is 0.433 bits per heavy atom. The molecule has 1 aliphatic rings. The first-order chi connectivity index (χ1) is 29.5. The third kappa shape index (κ3) is 5.20. The van der Waals surface area contributed by atoms with Gasteiger partial charge in [0.1, 0.15) is 11.2 Å². The average molecular weight is 768 g/mol. The standard InChI is InChI=1S/C58H41NO/c1-58(2)49-26-11-9-23-44(49)56-45(24-14-27-50(56)58)55(41-19-13-18-38(34-41)37-16-5-3-6-17-37)46-25-15-29-54-57(46)48-36-40(31-33-53(48)60-54)39-30-32-52-47(35-39)43-22-10-12-28-51(43)59(52)42-20-7-4-8-21-42/h3-36,55H,1-2H3. The van der Waals surface area contributed by atoms with E-state index in [1.54, 1.807) is 0 Å². The lowest BCUT2D eigenvalue weighted by molar-refractivity contribution is 0.659. The third-order valence-electron chi connectivity index (χ3n) is 13.1. The van der Waals surface area contributed by atoms with E-state index in [0.29, 0.717) is 0 Å². The van der Waals surface area contributed by atoms with Crippen molar-refractivity contribution in [2.45, 2.75) is 25.2 Å². The Kier molecular flexibility index (Phi) is 7.68. The van der Waals surface area contributed by atoms with E-state index < -0.39 is 0 Å². The molecule has 1 aliphatic carbocycles. The molecular formula is C58H41NO. The van der Waals surface area contributed by atoms with E-state index in [0.717, 1.165) is 33.2 Å². The summed E-state index contributed by atoms with van der Waals surface area (Å²) in [7, 11) is 0. The van der Waals surface area contributed by atoms with Crippen LogP contribution in [0.1, 0.15) is 47.6 Å². The van der Waals surface area contributed by atoms with Crippen molar-refractivity contribution in [3.8, 4) is 39.1 Å². The molecule has 2 nitrogen and oxygen atoms in total. The smallest absolute Gasteiger partial charge is 0.135 e. The van der Waals surface area contributed by atoms with Crippen molar-refractivity contribution in [3.05, 3.63) is 234 Å². The third-order valence-corrected chi connectivity index (χ3v) is 13.1. The lowest BCUT2D eigenvalue weighted by Gasteiger charge is -2.25. The lowest BCUT2D eigenvalue weighted by Crippen LogP contribution is -2.15. The minimum atomic E-state index is -0.115. The Bertz CT molecular complexity index is 3460. The molecule has 9 aromatic carbocycles. The number of aromatic nitrogens is 1. The van der Waals surface area contributed by atoms with Gasteiger partial charge in [-0.15, -0.1) is 0 Å². The van der Waals surface area contributed by atoms with Crippen molar-refractivity contribution in [1.29, 1.82) is 0 Å². The van der Waals surface area contributed by atoms with E-state index in [1.165, 1.54) is 77.4 Å². The highest BCUT2D eigenvalue weighted by atomic mass is 16.3. The van der Waals surface area contributed by atoms with Gasteiger partial charge in [0, 0.05) is 38.6 Å². The van der Waals surface area contributed by atoms with Crippen LogP contribution in [-0.2, 0) is 5.41 Å². The topological polar surface area (TPSA) is 18.1 Å². The maximum Gasteiger partial charge on any atom is 0.135 e. The zero-order valence-corrected chi connectivity index (χ0v) is 33.6. The summed E-state index contributed by atoms with van der Waals surface area (Å²) in [6.45, 7) is 4.74. The van der Waals surface area contributed by atoms with Gasteiger partial charge >= 0.3 is 0 Å². The maximum absolute atomic E-state index is 6.76. The molecule has 2 aromatic heterocycles. The number of fused-ring (bicyclic) bond motifs is 9. The molecule has 0 aliphatic heterocycles. The van der Waals surface area contributed by atoms with E-state index >= 15 is 0 Å². The predicted molar refractivity (Wildman–Crippen MR) is 250 cm³/mol. The van der Waals surface area contributed by atoms with Gasteiger partial charge in [0.05, 0.1) is 11.0 Å². The van der Waals surface area contributed by atoms with Gasteiger partial charge in [-0.1, -0.05) is 172 Å². The zero-order valence-electron chi connectivity index (χ0n) is 33.6. The quantitative estimate of drug-likeness (QED) is 0.154. The first-order valence-electron chi connectivity index (χ1n) is 21.0. The molecule has 0 N–H and O–H groups in total. The summed E-state index contributed by atoms with van der Waals surface area (Å²) in [6, 6.07) is 75.6. The van der Waals surface area contributed by atoms with Gasteiger partial charge < -0.3 is 8.98 Å². The van der Waals surface area contributed by atoms with E-state index in [4.69, 9.17) is 4.42 Å². The molecular weight excluding hydrogens is 727 g/mol. The Morgan fingerprint density at radius 2 is 1.07 bits per heavy atom. The maximum atomic E-state index is 6.76. The molecule has 0 fully saturated rings. The first-order valence-corrected chi connectivity index (χ1v) is 21.0. The largest absolute Gasteiger partial charge is 0.456 e. The molecule has 0 saturated heterocycles. The van der Waals surface area contributed by atoms with Crippen LogP contribution in [0.3, 0.4) is 0 Å². The highest BCUT2D eigenvalue weighted by Crippen LogP contribution is 2.53. The van der Waals surface area contributed by atoms with Gasteiger partial charge in [0.25, 0.3) is 0 Å². The summed E-state index contributed by atoms with van der Waals surface area (Å²) in [5.41, 5.74) is 19.3. The normalized spacial score (nSPS) is 13.6. The number of rotatable bonds is 6. The van der Waals surface area contributed by atoms with Gasteiger partial charge in [-0.25, -0.2) is 0 Å². The SMILES string of the molecule is CC1(C)c2ccccc2-c2c(C(c3cccc(-c4ccccc4)c3)c3cccc4oc5ccc(-c6ccc7c(c6)c6ccccc6n7-c6ccccc6)cc5c34)cccc21. The van der Waals surface area contributed by atoms with Crippen LogP contribution in [0, 0.1) is 0 Å². The van der Waals surface area contributed by atoms with E-state index in [2.05, 4.69) is 225 Å². The highest BCUT2D eigenvalue weighted by molar-refractivity contribution is 6.12. The molecule has 0 spiro atoms. The molecule has 2 heteroatoms. The van der Waals surface area contributed by atoms with Gasteiger partial charge in [0.2, 0.25) is 0 Å². The van der Waals surface area contributed by atoms with Crippen molar-refractivity contribution < 1.29 is 4.42 Å². The Hall–Kier alpha value is -7.42. The van der Waals surface area contributed by atoms with Gasteiger partial charge in [-0.05, 0) is 110 Å². The molecule has 0 bridgehead atoms. The van der Waals surface area contributed by atoms with Crippen molar-refractivity contribution in [2.24, 2.45) is 0 Å². The van der Waals surface area contributed by atoms with Gasteiger partial charge in [-0.2, -0.15) is 0 Å². The predicted octanol–water partition coefficient (Wildman–Crippen LogP) is 15.5. The fraction of sp³-hybridized carbons (Fsp3) is 0.0690. The van der Waals surface area contributed by atoms with Crippen LogP contribution in [0.2, 0.25) is 0 Å². The van der Waals surface area contributed by atoms with Crippen LogP contribution < -0.4 is 0 Å². The summed E-state index contributed by atoms with van der Waals surface area (Å²) in [5.74, 6) is -0.0702. The number of furan rings is 1. The lowest BCUT2D eigenvalue weighted by atomic mass is 9.77. The number of para-hydroxylation sites is 2. The molecule has 12 rings (SSSR count). The fourth-order valence-electron chi connectivity index (χ4n) is 10.4. The molecule has 0 amide bonds. The molecule has 60 heavy (non-hydrogen) atoms. The summed E-state index contributed by atoms with van der Waals surface area (Å²) < 4.78 is 9.13. The zero-order chi connectivity index (χ0) is 40.0.